The molecule has 1 aliphatic rings. The van der Waals surface area contributed by atoms with Gasteiger partial charge in [-0.25, -0.2) is 15.0 Å². The molecule has 2 atom stereocenters. The Morgan fingerprint density at radius 2 is 1.80 bits per heavy atom. The van der Waals surface area contributed by atoms with Crippen molar-refractivity contribution >= 4 is 34.3 Å². The minimum atomic E-state index is -0.239. The number of hydrogen-bond acceptors (Lipinski definition) is 5. The van der Waals surface area contributed by atoms with Crippen molar-refractivity contribution in [2.75, 3.05) is 14.2 Å². The van der Waals surface area contributed by atoms with Crippen molar-refractivity contribution < 1.29 is 9.47 Å². The third-order valence-electron chi connectivity index (χ3n) is 4.32. The van der Waals surface area contributed by atoms with E-state index in [2.05, 4.69) is 18.8 Å². The van der Waals surface area contributed by atoms with Crippen LogP contribution in [0.3, 0.4) is 0 Å². The zero-order valence-corrected chi connectivity index (χ0v) is 15.6. The monoisotopic (exact) mass is 359 g/mol. The topological polar surface area (TPSA) is 56.1 Å². The Labute approximate surface area is 152 Å². The van der Waals surface area contributed by atoms with Crippen LogP contribution in [-0.2, 0) is 15.9 Å². The number of methoxy groups -OCH3 is 2. The first-order valence-corrected chi connectivity index (χ1v) is 8.68. The van der Waals surface area contributed by atoms with E-state index in [4.69, 9.17) is 31.1 Å². The molecule has 3 rings (SSSR count). The summed E-state index contributed by atoms with van der Waals surface area (Å²) in [6.07, 6.45) is 0.618. The van der Waals surface area contributed by atoms with E-state index < -0.39 is 0 Å². The number of nitrogens with zero attached hydrogens (tertiary/aromatic N) is 3. The predicted octanol–water partition coefficient (Wildman–Crippen LogP) is 3.93. The van der Waals surface area contributed by atoms with E-state index in [1.165, 1.54) is 0 Å². The molecule has 0 spiro atoms. The van der Waals surface area contributed by atoms with E-state index in [0.717, 1.165) is 16.5 Å². The van der Waals surface area contributed by atoms with Crippen LogP contribution in [0.2, 0.25) is 5.15 Å². The molecule has 132 valence electrons. The fourth-order valence-electron chi connectivity index (χ4n) is 3.08. The van der Waals surface area contributed by atoms with Crippen molar-refractivity contribution in [1.29, 1.82) is 0 Å². The number of rotatable bonds is 3. The molecule has 0 aliphatic carbocycles. The van der Waals surface area contributed by atoms with Crippen molar-refractivity contribution in [3.8, 4) is 0 Å². The number of benzene rings is 1. The Hall–Kier alpha value is -2.14. The average Bonchev–Trinajstić information content (AvgIpc) is 2.60. The van der Waals surface area contributed by atoms with Gasteiger partial charge in [0, 0.05) is 11.8 Å². The standard InChI is InChI=1S/C19H22ClN3O2/c1-11(2)17-19(25-4)22-15(18(23-17)24-3)9-12-10-16(20)21-14-8-6-5-7-13(12)14/h5-8,10-11,15,17H,9H2,1-4H3/t15-,17+/m0/s1. The van der Waals surface area contributed by atoms with Crippen LogP contribution < -0.4 is 0 Å². The van der Waals surface area contributed by atoms with Crippen LogP contribution in [0.15, 0.2) is 40.3 Å². The lowest BCUT2D eigenvalue weighted by Gasteiger charge is -2.27. The summed E-state index contributed by atoms with van der Waals surface area (Å²) in [5, 5.41) is 1.53. The van der Waals surface area contributed by atoms with Crippen molar-refractivity contribution in [2.45, 2.75) is 32.4 Å². The summed E-state index contributed by atoms with van der Waals surface area (Å²) in [4.78, 5) is 13.9. The molecule has 0 saturated heterocycles. The van der Waals surface area contributed by atoms with Crippen LogP contribution >= 0.6 is 11.6 Å². The Bertz CT molecular complexity index is 833. The van der Waals surface area contributed by atoms with Gasteiger partial charge in [-0.1, -0.05) is 43.6 Å². The van der Waals surface area contributed by atoms with Gasteiger partial charge in [0.15, 0.2) is 0 Å². The maximum atomic E-state index is 6.20. The maximum absolute atomic E-state index is 6.20. The smallest absolute Gasteiger partial charge is 0.209 e. The van der Waals surface area contributed by atoms with Crippen LogP contribution in [0, 0.1) is 5.92 Å². The van der Waals surface area contributed by atoms with Gasteiger partial charge >= 0.3 is 0 Å². The molecule has 0 fully saturated rings. The number of halogens is 1. The molecule has 2 heterocycles. The number of fused-ring (bicyclic) bond motifs is 1. The number of hydrogen-bond donors (Lipinski definition) is 0. The molecule has 1 aliphatic heterocycles. The second-order valence-electron chi connectivity index (χ2n) is 6.37. The molecule has 25 heavy (non-hydrogen) atoms. The summed E-state index contributed by atoms with van der Waals surface area (Å²) in [6.45, 7) is 4.18. The normalized spacial score (nSPS) is 20.4. The van der Waals surface area contributed by atoms with Gasteiger partial charge in [-0.15, -0.1) is 0 Å². The Kier molecular flexibility index (Phi) is 5.23. The highest BCUT2D eigenvalue weighted by molar-refractivity contribution is 6.30. The molecular weight excluding hydrogens is 338 g/mol. The molecule has 0 saturated carbocycles. The highest BCUT2D eigenvalue weighted by Crippen LogP contribution is 2.25. The molecule has 0 unspecified atom stereocenters. The Morgan fingerprint density at radius 1 is 1.08 bits per heavy atom. The minimum Gasteiger partial charge on any atom is -0.483 e. The first-order valence-electron chi connectivity index (χ1n) is 8.31. The van der Waals surface area contributed by atoms with E-state index in [0.29, 0.717) is 23.4 Å². The van der Waals surface area contributed by atoms with Gasteiger partial charge in [0.2, 0.25) is 11.8 Å². The molecule has 5 nitrogen and oxygen atoms in total. The van der Waals surface area contributed by atoms with Gasteiger partial charge < -0.3 is 9.47 Å². The number of aliphatic imine (C=N–C) groups is 2. The van der Waals surface area contributed by atoms with E-state index >= 15 is 0 Å². The minimum absolute atomic E-state index is 0.117. The van der Waals surface area contributed by atoms with Gasteiger partial charge in [-0.2, -0.15) is 0 Å². The second-order valence-corrected chi connectivity index (χ2v) is 6.76. The predicted molar refractivity (Wildman–Crippen MR) is 102 cm³/mol. The average molecular weight is 360 g/mol. The van der Waals surface area contributed by atoms with Gasteiger partial charge in [-0.3, -0.25) is 0 Å². The molecule has 0 N–H and O–H groups in total. The molecular formula is C19H22ClN3O2. The molecule has 2 aromatic rings. The summed E-state index contributed by atoms with van der Waals surface area (Å²) < 4.78 is 11.0. The quantitative estimate of drug-likeness (QED) is 0.780. The first-order chi connectivity index (χ1) is 12.0. The summed E-state index contributed by atoms with van der Waals surface area (Å²) in [5.41, 5.74) is 1.93. The summed E-state index contributed by atoms with van der Waals surface area (Å²) >= 11 is 6.20. The van der Waals surface area contributed by atoms with Crippen molar-refractivity contribution in [3.63, 3.8) is 0 Å². The van der Waals surface area contributed by atoms with Crippen LogP contribution in [-0.4, -0.2) is 43.1 Å². The van der Waals surface area contributed by atoms with Gasteiger partial charge in [-0.05, 0) is 23.6 Å². The summed E-state index contributed by atoms with van der Waals surface area (Å²) in [6, 6.07) is 9.46. The molecule has 6 heteroatoms. The van der Waals surface area contributed by atoms with Crippen LogP contribution in [0.25, 0.3) is 10.9 Å². The lowest BCUT2D eigenvalue weighted by molar-refractivity contribution is 0.333. The van der Waals surface area contributed by atoms with E-state index in [1.54, 1.807) is 14.2 Å². The summed E-state index contributed by atoms with van der Waals surface area (Å²) in [5.74, 6) is 1.54. The van der Waals surface area contributed by atoms with Crippen molar-refractivity contribution in [2.24, 2.45) is 15.9 Å². The number of aromatic nitrogens is 1. The number of ether oxygens (including phenoxy) is 2. The lowest BCUT2D eigenvalue weighted by atomic mass is 9.99. The van der Waals surface area contributed by atoms with E-state index in [1.807, 2.05) is 30.3 Å². The number of pyridine rings is 1. The first kappa shape index (κ1) is 17.7. The van der Waals surface area contributed by atoms with Crippen LogP contribution in [0.4, 0.5) is 0 Å². The second kappa shape index (κ2) is 7.40. The SMILES string of the molecule is COC1=N[C@H](C(C)C)C(OC)=N[C@H]1Cc1cc(Cl)nc2ccccc12. The zero-order chi connectivity index (χ0) is 18.0. The fourth-order valence-corrected chi connectivity index (χ4v) is 3.30. The van der Waals surface area contributed by atoms with Gasteiger partial charge in [0.25, 0.3) is 0 Å². The Balaban J connectivity index is 2.00. The van der Waals surface area contributed by atoms with Crippen molar-refractivity contribution in [1.82, 2.24) is 4.98 Å². The number of para-hydroxylation sites is 1. The van der Waals surface area contributed by atoms with Gasteiger partial charge in [0.1, 0.15) is 17.2 Å². The lowest BCUT2D eigenvalue weighted by Crippen LogP contribution is -2.38. The molecule has 0 bridgehead atoms. The van der Waals surface area contributed by atoms with E-state index in [-0.39, 0.29) is 18.0 Å². The fraction of sp³-hybridized carbons (Fsp3) is 0.421. The molecule has 0 radical (unpaired) electrons. The molecule has 1 aromatic carbocycles. The molecule has 1 aromatic heterocycles. The highest BCUT2D eigenvalue weighted by atomic mass is 35.5. The maximum Gasteiger partial charge on any atom is 0.209 e. The van der Waals surface area contributed by atoms with Gasteiger partial charge in [0.05, 0.1) is 19.7 Å². The van der Waals surface area contributed by atoms with Crippen molar-refractivity contribution in [3.05, 3.63) is 41.0 Å². The molecule has 0 amide bonds. The zero-order valence-electron chi connectivity index (χ0n) is 14.9. The van der Waals surface area contributed by atoms with Crippen LogP contribution in [0.1, 0.15) is 19.4 Å². The van der Waals surface area contributed by atoms with E-state index in [9.17, 15) is 0 Å². The highest BCUT2D eigenvalue weighted by Gasteiger charge is 2.31. The Morgan fingerprint density at radius 3 is 2.48 bits per heavy atom. The third kappa shape index (κ3) is 3.61. The third-order valence-corrected chi connectivity index (χ3v) is 4.51. The van der Waals surface area contributed by atoms with Crippen LogP contribution in [0.5, 0.6) is 0 Å². The largest absolute Gasteiger partial charge is 0.483 e. The summed E-state index contributed by atoms with van der Waals surface area (Å²) in [7, 11) is 3.27.